The maximum absolute atomic E-state index is 4.12. The molecule has 0 saturated carbocycles. The van der Waals surface area contributed by atoms with Crippen molar-refractivity contribution in [3.8, 4) is 0 Å². The molecule has 90 valence electrons. The van der Waals surface area contributed by atoms with Gasteiger partial charge in [0.1, 0.15) is 0 Å². The van der Waals surface area contributed by atoms with Crippen LogP contribution in [0.4, 0.5) is 0 Å². The fourth-order valence-electron chi connectivity index (χ4n) is 1.58. The molecule has 0 radical (unpaired) electrons. The SMILES string of the molecule is CCCCNCCN(C)Cc1cccnc1. The van der Waals surface area contributed by atoms with Gasteiger partial charge in [0.25, 0.3) is 0 Å². The molecule has 0 saturated heterocycles. The largest absolute Gasteiger partial charge is 0.315 e. The molecule has 3 heteroatoms. The van der Waals surface area contributed by atoms with Crippen molar-refractivity contribution in [2.75, 3.05) is 26.7 Å². The molecule has 1 N–H and O–H groups in total. The van der Waals surface area contributed by atoms with Crippen LogP contribution in [0.5, 0.6) is 0 Å². The Labute approximate surface area is 98.9 Å². The average Bonchev–Trinajstić information content (AvgIpc) is 2.30. The van der Waals surface area contributed by atoms with Gasteiger partial charge < -0.3 is 10.2 Å². The van der Waals surface area contributed by atoms with Gasteiger partial charge >= 0.3 is 0 Å². The quantitative estimate of drug-likeness (QED) is 0.680. The number of unbranched alkanes of at least 4 members (excludes halogenated alkanes) is 1. The lowest BCUT2D eigenvalue weighted by molar-refractivity contribution is 0.324. The van der Waals surface area contributed by atoms with Crippen molar-refractivity contribution in [2.45, 2.75) is 26.3 Å². The van der Waals surface area contributed by atoms with E-state index in [0.717, 1.165) is 26.2 Å². The van der Waals surface area contributed by atoms with E-state index in [1.807, 2.05) is 18.5 Å². The summed E-state index contributed by atoms with van der Waals surface area (Å²) in [5.41, 5.74) is 1.28. The van der Waals surface area contributed by atoms with Crippen molar-refractivity contribution in [3.05, 3.63) is 30.1 Å². The Morgan fingerprint density at radius 3 is 2.94 bits per heavy atom. The van der Waals surface area contributed by atoms with Crippen molar-refractivity contribution < 1.29 is 0 Å². The second-order valence-electron chi connectivity index (χ2n) is 4.20. The van der Waals surface area contributed by atoms with E-state index in [1.165, 1.54) is 18.4 Å². The van der Waals surface area contributed by atoms with Gasteiger partial charge in [-0.05, 0) is 31.6 Å². The first-order valence-electron chi connectivity index (χ1n) is 6.11. The molecule has 0 aliphatic rings. The molecular weight excluding hydrogens is 198 g/mol. The third-order valence-corrected chi connectivity index (χ3v) is 2.55. The fourth-order valence-corrected chi connectivity index (χ4v) is 1.58. The molecule has 0 atom stereocenters. The highest BCUT2D eigenvalue weighted by molar-refractivity contribution is 5.07. The van der Waals surface area contributed by atoms with Crippen LogP contribution >= 0.6 is 0 Å². The highest BCUT2D eigenvalue weighted by Crippen LogP contribution is 1.99. The van der Waals surface area contributed by atoms with Gasteiger partial charge in [0.2, 0.25) is 0 Å². The summed E-state index contributed by atoms with van der Waals surface area (Å²) in [6, 6.07) is 4.11. The topological polar surface area (TPSA) is 28.2 Å². The first-order valence-corrected chi connectivity index (χ1v) is 6.11. The lowest BCUT2D eigenvalue weighted by Gasteiger charge is -2.16. The minimum Gasteiger partial charge on any atom is -0.315 e. The fraction of sp³-hybridized carbons (Fsp3) is 0.615. The molecule has 0 aliphatic heterocycles. The zero-order valence-corrected chi connectivity index (χ0v) is 10.4. The Bertz CT molecular complexity index is 261. The molecule has 3 nitrogen and oxygen atoms in total. The summed E-state index contributed by atoms with van der Waals surface area (Å²) in [6.45, 7) is 6.48. The van der Waals surface area contributed by atoms with E-state index in [1.54, 1.807) is 0 Å². The van der Waals surface area contributed by atoms with Crippen LogP contribution < -0.4 is 5.32 Å². The van der Waals surface area contributed by atoms with Gasteiger partial charge in [-0.15, -0.1) is 0 Å². The van der Waals surface area contributed by atoms with E-state index in [0.29, 0.717) is 0 Å². The van der Waals surface area contributed by atoms with Crippen LogP contribution in [0.1, 0.15) is 25.3 Å². The molecule has 16 heavy (non-hydrogen) atoms. The Balaban J connectivity index is 2.09. The van der Waals surface area contributed by atoms with Gasteiger partial charge in [0.15, 0.2) is 0 Å². The molecule has 0 aromatic carbocycles. The molecule has 1 rings (SSSR count). The average molecular weight is 221 g/mol. The standard InChI is InChI=1S/C13H23N3/c1-3-4-7-14-9-10-16(2)12-13-6-5-8-15-11-13/h5-6,8,11,14H,3-4,7,9-10,12H2,1-2H3. The molecule has 0 aliphatic carbocycles. The molecule has 0 spiro atoms. The molecule has 1 aromatic rings. The van der Waals surface area contributed by atoms with Crippen LogP contribution in [-0.2, 0) is 6.54 Å². The van der Waals surface area contributed by atoms with Crippen LogP contribution in [0.3, 0.4) is 0 Å². The molecule has 0 unspecified atom stereocenters. The molecule has 0 amide bonds. The van der Waals surface area contributed by atoms with Gasteiger partial charge in [-0.3, -0.25) is 4.98 Å². The number of aromatic nitrogens is 1. The summed E-state index contributed by atoms with van der Waals surface area (Å²) < 4.78 is 0. The second-order valence-corrected chi connectivity index (χ2v) is 4.20. The number of rotatable bonds is 8. The van der Waals surface area contributed by atoms with E-state index in [9.17, 15) is 0 Å². The molecule has 1 aromatic heterocycles. The summed E-state index contributed by atoms with van der Waals surface area (Å²) in [4.78, 5) is 6.43. The minimum atomic E-state index is 0.975. The van der Waals surface area contributed by atoms with E-state index >= 15 is 0 Å². The first-order chi connectivity index (χ1) is 7.83. The second kappa shape index (κ2) is 8.25. The van der Waals surface area contributed by atoms with E-state index in [2.05, 4.69) is 35.2 Å². The number of nitrogens with one attached hydrogen (secondary N) is 1. The molecule has 0 fully saturated rings. The van der Waals surface area contributed by atoms with E-state index in [4.69, 9.17) is 0 Å². The Hall–Kier alpha value is -0.930. The van der Waals surface area contributed by atoms with Crippen molar-refractivity contribution in [1.29, 1.82) is 0 Å². The summed E-state index contributed by atoms with van der Waals surface area (Å²) in [7, 11) is 2.15. The minimum absolute atomic E-state index is 0.975. The van der Waals surface area contributed by atoms with Gasteiger partial charge in [0.05, 0.1) is 0 Å². The summed E-state index contributed by atoms with van der Waals surface area (Å²) in [6.07, 6.45) is 6.28. The third kappa shape index (κ3) is 5.83. The number of nitrogens with zero attached hydrogens (tertiary/aromatic N) is 2. The van der Waals surface area contributed by atoms with Crippen molar-refractivity contribution in [1.82, 2.24) is 15.2 Å². The predicted octanol–water partition coefficient (Wildman–Crippen LogP) is 1.90. The summed E-state index contributed by atoms with van der Waals surface area (Å²) in [5.74, 6) is 0. The maximum Gasteiger partial charge on any atom is 0.0312 e. The zero-order valence-electron chi connectivity index (χ0n) is 10.4. The normalized spacial score (nSPS) is 10.9. The molecule has 0 bridgehead atoms. The number of hydrogen-bond acceptors (Lipinski definition) is 3. The zero-order chi connectivity index (χ0) is 11.6. The predicted molar refractivity (Wildman–Crippen MR) is 68.3 cm³/mol. The van der Waals surface area contributed by atoms with Crippen molar-refractivity contribution in [2.24, 2.45) is 0 Å². The maximum atomic E-state index is 4.12. The molecular formula is C13H23N3. The van der Waals surface area contributed by atoms with Crippen LogP contribution in [-0.4, -0.2) is 36.6 Å². The Morgan fingerprint density at radius 2 is 2.25 bits per heavy atom. The first kappa shape index (κ1) is 13.1. The third-order valence-electron chi connectivity index (χ3n) is 2.55. The molecule has 1 heterocycles. The van der Waals surface area contributed by atoms with Crippen molar-refractivity contribution in [3.63, 3.8) is 0 Å². The lowest BCUT2D eigenvalue weighted by Crippen LogP contribution is -2.29. The summed E-state index contributed by atoms with van der Waals surface area (Å²) in [5, 5.41) is 3.45. The monoisotopic (exact) mass is 221 g/mol. The van der Waals surface area contributed by atoms with Crippen LogP contribution in [0, 0.1) is 0 Å². The number of pyridine rings is 1. The van der Waals surface area contributed by atoms with Crippen LogP contribution in [0.25, 0.3) is 0 Å². The summed E-state index contributed by atoms with van der Waals surface area (Å²) >= 11 is 0. The van der Waals surface area contributed by atoms with Crippen LogP contribution in [0.2, 0.25) is 0 Å². The van der Waals surface area contributed by atoms with E-state index < -0.39 is 0 Å². The van der Waals surface area contributed by atoms with Gasteiger partial charge in [-0.2, -0.15) is 0 Å². The Morgan fingerprint density at radius 1 is 1.38 bits per heavy atom. The smallest absolute Gasteiger partial charge is 0.0312 e. The lowest BCUT2D eigenvalue weighted by atomic mass is 10.3. The van der Waals surface area contributed by atoms with Gasteiger partial charge in [0, 0.05) is 32.0 Å². The highest BCUT2D eigenvalue weighted by atomic mass is 15.1. The highest BCUT2D eigenvalue weighted by Gasteiger charge is 1.99. The van der Waals surface area contributed by atoms with E-state index in [-0.39, 0.29) is 0 Å². The number of likely N-dealkylation sites (N-methyl/N-ethyl adjacent to an activating group) is 1. The van der Waals surface area contributed by atoms with Crippen molar-refractivity contribution >= 4 is 0 Å². The number of hydrogen-bond donors (Lipinski definition) is 1. The van der Waals surface area contributed by atoms with Crippen LogP contribution in [0.15, 0.2) is 24.5 Å². The van der Waals surface area contributed by atoms with Gasteiger partial charge in [-0.25, -0.2) is 0 Å². The Kier molecular flexibility index (Phi) is 6.77. The van der Waals surface area contributed by atoms with Gasteiger partial charge in [-0.1, -0.05) is 19.4 Å².